The van der Waals surface area contributed by atoms with Crippen molar-refractivity contribution in [3.05, 3.63) is 39.8 Å². The van der Waals surface area contributed by atoms with E-state index < -0.39 is 9.84 Å². The summed E-state index contributed by atoms with van der Waals surface area (Å²) in [6.07, 6.45) is 1.30. The van der Waals surface area contributed by atoms with Crippen LogP contribution in [-0.4, -0.2) is 20.6 Å². The molecule has 0 radical (unpaired) electrons. The van der Waals surface area contributed by atoms with E-state index in [0.717, 1.165) is 10.0 Å². The van der Waals surface area contributed by atoms with Crippen molar-refractivity contribution < 1.29 is 13.2 Å². The van der Waals surface area contributed by atoms with Crippen molar-refractivity contribution in [2.24, 2.45) is 4.99 Å². The molecule has 4 nitrogen and oxygen atoms in total. The second-order valence-electron chi connectivity index (χ2n) is 3.14. The Kier molecular flexibility index (Phi) is 3.11. The van der Waals surface area contributed by atoms with Crippen LogP contribution >= 0.6 is 15.9 Å². The van der Waals surface area contributed by atoms with E-state index in [1.807, 2.05) is 12.1 Å². The fourth-order valence-corrected chi connectivity index (χ4v) is 2.33. The van der Waals surface area contributed by atoms with Gasteiger partial charge in [0.05, 0.1) is 0 Å². The number of ether oxygens (including phenoxy) is 1. The maximum absolute atomic E-state index is 11.3. The summed E-state index contributed by atoms with van der Waals surface area (Å²) in [5.74, 6) is 0.609. The van der Waals surface area contributed by atoms with Crippen LogP contribution < -0.4 is 4.74 Å². The van der Waals surface area contributed by atoms with Gasteiger partial charge in [0.15, 0.2) is 0 Å². The average Bonchev–Trinajstić information content (AvgIpc) is 2.55. The van der Waals surface area contributed by atoms with Gasteiger partial charge in [-0.2, -0.15) is 0 Å². The Bertz CT molecular complexity index is 563. The molecule has 84 valence electrons. The van der Waals surface area contributed by atoms with E-state index in [4.69, 9.17) is 4.74 Å². The minimum absolute atomic E-state index is 0.00120. The minimum atomic E-state index is -3.33. The van der Waals surface area contributed by atoms with Crippen molar-refractivity contribution in [1.82, 2.24) is 0 Å². The summed E-state index contributed by atoms with van der Waals surface area (Å²) in [7, 11) is -3.33. The number of hydrogen-bond donors (Lipinski definition) is 0. The Morgan fingerprint density at radius 2 is 2.19 bits per heavy atom. The second kappa shape index (κ2) is 4.39. The van der Waals surface area contributed by atoms with E-state index in [1.165, 1.54) is 6.20 Å². The van der Waals surface area contributed by atoms with Crippen LogP contribution in [0.4, 0.5) is 0 Å². The molecular weight excluding hydrogens is 294 g/mol. The van der Waals surface area contributed by atoms with Crippen LogP contribution in [0.2, 0.25) is 0 Å². The van der Waals surface area contributed by atoms with E-state index >= 15 is 0 Å². The van der Waals surface area contributed by atoms with Crippen molar-refractivity contribution >= 4 is 31.3 Å². The molecule has 1 aromatic rings. The molecule has 0 atom stereocenters. The van der Waals surface area contributed by atoms with Gasteiger partial charge in [-0.25, -0.2) is 8.42 Å². The summed E-state index contributed by atoms with van der Waals surface area (Å²) in [5, 5.41) is 0. The van der Waals surface area contributed by atoms with E-state index in [2.05, 4.69) is 20.9 Å². The summed E-state index contributed by atoms with van der Waals surface area (Å²) < 4.78 is 28.9. The summed E-state index contributed by atoms with van der Waals surface area (Å²) >= 11 is 3.30. The third-order valence-electron chi connectivity index (χ3n) is 1.96. The fourth-order valence-electron chi connectivity index (χ4n) is 1.17. The summed E-state index contributed by atoms with van der Waals surface area (Å²) in [6.45, 7) is -0.00120. The normalized spacial score (nSPS) is 17.2. The number of halogens is 1. The van der Waals surface area contributed by atoms with Gasteiger partial charge in [-0.05, 0) is 18.2 Å². The van der Waals surface area contributed by atoms with E-state index in [1.54, 1.807) is 12.1 Å². The summed E-state index contributed by atoms with van der Waals surface area (Å²) in [6, 6.07) is 7.20. The molecule has 1 aromatic carbocycles. The average molecular weight is 302 g/mol. The quantitative estimate of drug-likeness (QED) is 0.859. The van der Waals surface area contributed by atoms with Crippen LogP contribution in [0.25, 0.3) is 0 Å². The Morgan fingerprint density at radius 1 is 1.38 bits per heavy atom. The highest BCUT2D eigenvalue weighted by atomic mass is 79.9. The van der Waals surface area contributed by atoms with Crippen LogP contribution in [-0.2, 0) is 9.84 Å². The first-order chi connectivity index (χ1) is 7.58. The molecule has 0 bridgehead atoms. The highest BCUT2D eigenvalue weighted by Crippen LogP contribution is 2.20. The Hall–Kier alpha value is -1.14. The molecule has 1 heterocycles. The Balaban J connectivity index is 2.04. The van der Waals surface area contributed by atoms with Crippen molar-refractivity contribution in [3.8, 4) is 5.75 Å². The van der Waals surface area contributed by atoms with Gasteiger partial charge < -0.3 is 4.74 Å². The molecule has 2 rings (SSSR count). The monoisotopic (exact) mass is 301 g/mol. The molecule has 1 aliphatic heterocycles. The van der Waals surface area contributed by atoms with Gasteiger partial charge in [0, 0.05) is 10.7 Å². The number of aliphatic imine (C=N–C) groups is 1. The first kappa shape index (κ1) is 11.3. The number of benzene rings is 1. The van der Waals surface area contributed by atoms with Crippen LogP contribution in [0.3, 0.4) is 0 Å². The molecule has 0 spiro atoms. The summed E-state index contributed by atoms with van der Waals surface area (Å²) in [4.78, 5) is 3.76. The highest BCUT2D eigenvalue weighted by Gasteiger charge is 2.19. The maximum atomic E-state index is 11.3. The molecule has 16 heavy (non-hydrogen) atoms. The van der Waals surface area contributed by atoms with E-state index in [-0.39, 0.29) is 11.5 Å². The smallest absolute Gasteiger partial charge is 0.217 e. The standard InChI is InChI=1S/C10H8BrNO3S/c11-8-2-1-3-9(4-8)15-6-10-5-12-7-16(10,13)14/h1-5,7H,6H2. The largest absolute Gasteiger partial charge is 0.488 e. The predicted octanol–water partition coefficient (Wildman–Crippen LogP) is 2.13. The maximum Gasteiger partial charge on any atom is 0.217 e. The van der Waals surface area contributed by atoms with E-state index in [0.29, 0.717) is 5.75 Å². The van der Waals surface area contributed by atoms with Gasteiger partial charge in [-0.1, -0.05) is 22.0 Å². The first-order valence-electron chi connectivity index (χ1n) is 4.43. The van der Waals surface area contributed by atoms with Gasteiger partial charge in [0.25, 0.3) is 0 Å². The number of nitrogens with zero attached hydrogens (tertiary/aromatic N) is 1. The molecule has 0 amide bonds. The topological polar surface area (TPSA) is 55.7 Å². The number of sulfone groups is 1. The third kappa shape index (κ3) is 2.51. The van der Waals surface area contributed by atoms with Gasteiger partial charge in [-0.3, -0.25) is 4.99 Å². The predicted molar refractivity (Wildman–Crippen MR) is 65.1 cm³/mol. The zero-order valence-corrected chi connectivity index (χ0v) is 10.5. The van der Waals surface area contributed by atoms with Crippen molar-refractivity contribution in [2.45, 2.75) is 0 Å². The SMILES string of the molecule is O=S1(=O)C=NC=C1COc1cccc(Br)c1. The van der Waals surface area contributed by atoms with Crippen molar-refractivity contribution in [1.29, 1.82) is 0 Å². The highest BCUT2D eigenvalue weighted by molar-refractivity contribution is 9.10. The molecule has 1 aliphatic rings. The van der Waals surface area contributed by atoms with Crippen LogP contribution in [0.1, 0.15) is 0 Å². The second-order valence-corrected chi connectivity index (χ2v) is 5.88. The van der Waals surface area contributed by atoms with Crippen molar-refractivity contribution in [2.75, 3.05) is 6.61 Å². The molecule has 0 fully saturated rings. The molecule has 0 saturated carbocycles. The first-order valence-corrected chi connectivity index (χ1v) is 6.77. The molecule has 0 aliphatic carbocycles. The molecular formula is C10H8BrNO3S. The van der Waals surface area contributed by atoms with Gasteiger partial charge >= 0.3 is 0 Å². The third-order valence-corrected chi connectivity index (χ3v) is 3.81. The number of hydrogen-bond acceptors (Lipinski definition) is 4. The molecule has 0 aromatic heterocycles. The van der Waals surface area contributed by atoms with Gasteiger partial charge in [0.2, 0.25) is 9.84 Å². The summed E-state index contributed by atoms with van der Waals surface area (Å²) in [5.41, 5.74) is 0.923. The van der Waals surface area contributed by atoms with Crippen LogP contribution in [0.15, 0.2) is 44.8 Å². The molecule has 0 unspecified atom stereocenters. The fraction of sp³-hybridized carbons (Fsp3) is 0.100. The lowest BCUT2D eigenvalue weighted by molar-refractivity contribution is 0.358. The molecule has 6 heteroatoms. The lowest BCUT2D eigenvalue weighted by Gasteiger charge is -2.06. The zero-order chi connectivity index (χ0) is 11.6. The lowest BCUT2D eigenvalue weighted by atomic mass is 10.3. The van der Waals surface area contributed by atoms with Crippen LogP contribution in [0.5, 0.6) is 5.75 Å². The van der Waals surface area contributed by atoms with E-state index in [9.17, 15) is 8.42 Å². The minimum Gasteiger partial charge on any atom is -0.488 e. The molecule has 0 saturated heterocycles. The van der Waals surface area contributed by atoms with Crippen LogP contribution in [0, 0.1) is 0 Å². The number of rotatable bonds is 3. The Labute approximate surface area is 102 Å². The Morgan fingerprint density at radius 3 is 2.81 bits per heavy atom. The van der Waals surface area contributed by atoms with Crippen molar-refractivity contribution in [3.63, 3.8) is 0 Å². The lowest BCUT2D eigenvalue weighted by Crippen LogP contribution is -2.09. The van der Waals surface area contributed by atoms with Gasteiger partial charge in [0.1, 0.15) is 22.8 Å². The zero-order valence-electron chi connectivity index (χ0n) is 8.13. The molecule has 0 N–H and O–H groups in total. The van der Waals surface area contributed by atoms with Gasteiger partial charge in [-0.15, -0.1) is 0 Å².